The quantitative estimate of drug-likeness (QED) is 0.649. The molecule has 1 aliphatic heterocycles. The highest BCUT2D eigenvalue weighted by Gasteiger charge is 2.27. The number of aromatic nitrogens is 2. The fraction of sp³-hybridized carbons (Fsp3) is 0.318. The van der Waals surface area contributed by atoms with E-state index in [9.17, 15) is 8.42 Å². The van der Waals surface area contributed by atoms with Crippen LogP contribution in [0.5, 0.6) is 0 Å². The lowest BCUT2D eigenvalue weighted by Gasteiger charge is -2.26. The Morgan fingerprint density at radius 1 is 1.18 bits per heavy atom. The molecule has 1 aliphatic rings. The van der Waals surface area contributed by atoms with Crippen LogP contribution in [0.2, 0.25) is 0 Å². The summed E-state index contributed by atoms with van der Waals surface area (Å²) in [5.41, 5.74) is 4.31. The number of benzene rings is 1. The van der Waals surface area contributed by atoms with Gasteiger partial charge in [-0.15, -0.1) is 0 Å². The van der Waals surface area contributed by atoms with E-state index < -0.39 is 10.0 Å². The number of aryl methyl sites for hydroxylation is 2. The monoisotopic (exact) mass is 395 g/mol. The van der Waals surface area contributed by atoms with Gasteiger partial charge in [-0.3, -0.25) is 0 Å². The number of hydrogen-bond acceptors (Lipinski definition) is 3. The van der Waals surface area contributed by atoms with Gasteiger partial charge in [-0.05, 0) is 55.2 Å². The number of pyridine rings is 1. The summed E-state index contributed by atoms with van der Waals surface area (Å²) in [6, 6.07) is 11.2. The Kier molecular flexibility index (Phi) is 5.08. The molecule has 2 aromatic heterocycles. The second-order valence-electron chi connectivity index (χ2n) is 7.27. The Morgan fingerprint density at radius 2 is 2.04 bits per heavy atom. The van der Waals surface area contributed by atoms with Crippen molar-refractivity contribution in [2.45, 2.75) is 38.1 Å². The molecule has 3 heterocycles. The molecule has 0 aliphatic carbocycles. The highest BCUT2D eigenvalue weighted by atomic mass is 32.2. The Morgan fingerprint density at radius 3 is 2.75 bits per heavy atom. The molecule has 0 bridgehead atoms. The highest BCUT2D eigenvalue weighted by Crippen LogP contribution is 2.31. The second kappa shape index (κ2) is 7.53. The van der Waals surface area contributed by atoms with Crippen molar-refractivity contribution in [3.63, 3.8) is 0 Å². The van der Waals surface area contributed by atoms with Crippen molar-refractivity contribution in [3.05, 3.63) is 66.0 Å². The maximum atomic E-state index is 13.0. The predicted molar refractivity (Wildman–Crippen MR) is 113 cm³/mol. The van der Waals surface area contributed by atoms with Gasteiger partial charge in [0, 0.05) is 43.0 Å². The summed E-state index contributed by atoms with van der Waals surface area (Å²) in [5.74, 6) is 0. The van der Waals surface area contributed by atoms with Crippen molar-refractivity contribution in [1.82, 2.24) is 13.9 Å². The molecule has 0 saturated heterocycles. The molecule has 6 heteroatoms. The first-order chi connectivity index (χ1) is 13.5. The van der Waals surface area contributed by atoms with E-state index in [4.69, 9.17) is 0 Å². The van der Waals surface area contributed by atoms with Crippen LogP contribution in [-0.4, -0.2) is 35.4 Å². The van der Waals surface area contributed by atoms with Gasteiger partial charge in [0.2, 0.25) is 10.0 Å². The molecule has 0 N–H and O–H groups in total. The average Bonchev–Trinajstić information content (AvgIpc) is 3.07. The van der Waals surface area contributed by atoms with Crippen LogP contribution in [0.15, 0.2) is 59.8 Å². The van der Waals surface area contributed by atoms with Crippen molar-refractivity contribution in [2.75, 3.05) is 13.1 Å². The van der Waals surface area contributed by atoms with Gasteiger partial charge >= 0.3 is 0 Å². The summed E-state index contributed by atoms with van der Waals surface area (Å²) >= 11 is 0. The summed E-state index contributed by atoms with van der Waals surface area (Å²) in [6.07, 6.45) is 7.78. The van der Waals surface area contributed by atoms with Crippen LogP contribution in [0.3, 0.4) is 0 Å². The molecule has 0 spiro atoms. The fourth-order valence-corrected chi connectivity index (χ4v) is 5.31. The third kappa shape index (κ3) is 3.38. The lowest BCUT2D eigenvalue weighted by Crippen LogP contribution is -2.34. The maximum absolute atomic E-state index is 13.0. The molecule has 3 aromatic rings. The SMILES string of the molecule is CCCn1cc(C2=CCN(S(=O)(=O)c3cccc(C)c3)CC2)c2cccnc21. The van der Waals surface area contributed by atoms with Crippen LogP contribution in [0.4, 0.5) is 0 Å². The largest absolute Gasteiger partial charge is 0.332 e. The van der Waals surface area contributed by atoms with E-state index >= 15 is 0 Å². The molecule has 0 unspecified atom stereocenters. The summed E-state index contributed by atoms with van der Waals surface area (Å²) in [7, 11) is -3.46. The highest BCUT2D eigenvalue weighted by molar-refractivity contribution is 7.89. The van der Waals surface area contributed by atoms with Gasteiger partial charge in [-0.25, -0.2) is 13.4 Å². The Balaban J connectivity index is 1.64. The average molecular weight is 396 g/mol. The molecule has 0 fully saturated rings. The molecular weight excluding hydrogens is 370 g/mol. The molecule has 0 saturated carbocycles. The molecule has 5 nitrogen and oxygen atoms in total. The summed E-state index contributed by atoms with van der Waals surface area (Å²) in [5, 5.41) is 1.14. The van der Waals surface area contributed by atoms with E-state index in [1.807, 2.05) is 25.3 Å². The molecule has 1 aromatic carbocycles. The van der Waals surface area contributed by atoms with E-state index in [1.54, 1.807) is 22.5 Å². The van der Waals surface area contributed by atoms with Gasteiger partial charge in [0.05, 0.1) is 4.90 Å². The van der Waals surface area contributed by atoms with Crippen LogP contribution in [0.1, 0.15) is 30.9 Å². The minimum Gasteiger partial charge on any atom is -0.332 e. The van der Waals surface area contributed by atoms with Crippen LogP contribution < -0.4 is 0 Å². The summed E-state index contributed by atoms with van der Waals surface area (Å²) in [6.45, 7) is 5.87. The molecule has 0 radical (unpaired) electrons. The fourth-order valence-electron chi connectivity index (χ4n) is 3.83. The number of hydrogen-bond donors (Lipinski definition) is 0. The molecule has 4 rings (SSSR count). The first-order valence-corrected chi connectivity index (χ1v) is 11.1. The van der Waals surface area contributed by atoms with Gasteiger partial charge in [0.1, 0.15) is 5.65 Å². The lowest BCUT2D eigenvalue weighted by atomic mass is 10.0. The van der Waals surface area contributed by atoms with Gasteiger partial charge < -0.3 is 4.57 Å². The molecule has 28 heavy (non-hydrogen) atoms. The van der Waals surface area contributed by atoms with Crippen LogP contribution in [0.25, 0.3) is 16.6 Å². The van der Waals surface area contributed by atoms with E-state index in [2.05, 4.69) is 34.8 Å². The zero-order valence-electron chi connectivity index (χ0n) is 16.3. The minimum atomic E-state index is -3.46. The van der Waals surface area contributed by atoms with Gasteiger partial charge in [-0.1, -0.05) is 25.1 Å². The first-order valence-electron chi connectivity index (χ1n) is 9.71. The van der Waals surface area contributed by atoms with Gasteiger partial charge in [-0.2, -0.15) is 4.31 Å². The van der Waals surface area contributed by atoms with Gasteiger partial charge in [0.25, 0.3) is 0 Å². The van der Waals surface area contributed by atoms with Crippen molar-refractivity contribution in [2.24, 2.45) is 0 Å². The second-order valence-corrected chi connectivity index (χ2v) is 9.21. The van der Waals surface area contributed by atoms with Crippen LogP contribution in [0, 0.1) is 6.92 Å². The number of rotatable bonds is 5. The topological polar surface area (TPSA) is 55.2 Å². The Bertz CT molecular complexity index is 1150. The zero-order chi connectivity index (χ0) is 19.7. The summed E-state index contributed by atoms with van der Waals surface area (Å²) < 4.78 is 29.7. The number of nitrogens with zero attached hydrogens (tertiary/aromatic N) is 3. The predicted octanol–water partition coefficient (Wildman–Crippen LogP) is 4.23. The smallest absolute Gasteiger partial charge is 0.243 e. The summed E-state index contributed by atoms with van der Waals surface area (Å²) in [4.78, 5) is 4.92. The minimum absolute atomic E-state index is 0.369. The van der Waals surface area contributed by atoms with Crippen molar-refractivity contribution in [3.8, 4) is 0 Å². The maximum Gasteiger partial charge on any atom is 0.243 e. The number of sulfonamides is 1. The molecule has 146 valence electrons. The van der Waals surface area contributed by atoms with E-state index in [0.29, 0.717) is 24.4 Å². The number of fused-ring (bicyclic) bond motifs is 1. The van der Waals surface area contributed by atoms with Crippen LogP contribution >= 0.6 is 0 Å². The zero-order valence-corrected chi connectivity index (χ0v) is 17.1. The Labute approximate surface area is 166 Å². The van der Waals surface area contributed by atoms with E-state index in [1.165, 1.54) is 11.1 Å². The Hall–Kier alpha value is -2.44. The molecular formula is C22H25N3O2S. The molecule has 0 amide bonds. The van der Waals surface area contributed by atoms with Crippen LogP contribution in [-0.2, 0) is 16.6 Å². The van der Waals surface area contributed by atoms with Crippen molar-refractivity contribution < 1.29 is 8.42 Å². The normalized spacial score (nSPS) is 15.7. The third-order valence-corrected chi connectivity index (χ3v) is 7.10. The van der Waals surface area contributed by atoms with E-state index in [-0.39, 0.29) is 0 Å². The standard InChI is InChI=1S/C22H25N3O2S/c1-3-12-24-16-21(20-8-5-11-23-22(20)24)18-9-13-25(14-10-18)28(26,27)19-7-4-6-17(2)15-19/h4-9,11,15-16H,3,10,12-14H2,1-2H3. The van der Waals surface area contributed by atoms with Gasteiger partial charge in [0.15, 0.2) is 0 Å². The van der Waals surface area contributed by atoms with Crippen molar-refractivity contribution in [1.29, 1.82) is 0 Å². The first kappa shape index (κ1) is 18.9. The third-order valence-electron chi connectivity index (χ3n) is 5.24. The van der Waals surface area contributed by atoms with Crippen molar-refractivity contribution >= 4 is 26.6 Å². The molecule has 0 atom stereocenters. The lowest BCUT2D eigenvalue weighted by molar-refractivity contribution is 0.441. The van der Waals surface area contributed by atoms with E-state index in [0.717, 1.165) is 29.6 Å².